The second kappa shape index (κ2) is 8.02. The van der Waals surface area contributed by atoms with Crippen LogP contribution in [0, 0.1) is 0 Å². The molecule has 2 aromatic carbocycles. The fourth-order valence-electron chi connectivity index (χ4n) is 3.28. The summed E-state index contributed by atoms with van der Waals surface area (Å²) in [5.41, 5.74) is 1.75. The number of rotatable bonds is 6. The van der Waals surface area contributed by atoms with E-state index in [-0.39, 0.29) is 5.91 Å². The summed E-state index contributed by atoms with van der Waals surface area (Å²) in [5.74, 6) is -0.351. The van der Waals surface area contributed by atoms with E-state index in [1.807, 2.05) is 0 Å². The molecule has 148 valence electrons. The number of nitrogens with zero attached hydrogens (tertiary/aromatic N) is 2. The number of anilines is 3. The maximum Gasteiger partial charge on any atom is 0.247 e. The third-order valence-electron chi connectivity index (χ3n) is 4.62. The van der Waals surface area contributed by atoms with Crippen molar-refractivity contribution in [3.8, 4) is 0 Å². The molecule has 1 saturated heterocycles. The summed E-state index contributed by atoms with van der Waals surface area (Å²) in [6, 6.07) is 14.5. The molecular formula is C20H23N3O4S. The normalized spacial score (nSPS) is 15.4. The number of hydrogen-bond donors (Lipinski definition) is 1. The van der Waals surface area contributed by atoms with Crippen molar-refractivity contribution in [2.75, 3.05) is 27.3 Å². The van der Waals surface area contributed by atoms with Gasteiger partial charge in [0.25, 0.3) is 0 Å². The zero-order valence-electron chi connectivity index (χ0n) is 15.8. The number of para-hydroxylation sites is 1. The fraction of sp³-hybridized carbons (Fsp3) is 0.300. The highest BCUT2D eigenvalue weighted by atomic mass is 32.2. The number of sulfonamides is 1. The molecule has 0 saturated carbocycles. The molecule has 0 unspecified atom stereocenters. The van der Waals surface area contributed by atoms with Gasteiger partial charge in [0, 0.05) is 24.3 Å². The van der Waals surface area contributed by atoms with Crippen molar-refractivity contribution in [2.45, 2.75) is 25.8 Å². The van der Waals surface area contributed by atoms with E-state index >= 15 is 0 Å². The Bertz CT molecular complexity index is 959. The van der Waals surface area contributed by atoms with E-state index in [4.69, 9.17) is 0 Å². The first-order valence-electron chi connectivity index (χ1n) is 9.03. The molecule has 1 aliphatic heterocycles. The zero-order valence-corrected chi connectivity index (χ0v) is 16.6. The Balaban J connectivity index is 1.75. The minimum absolute atomic E-state index is 0.0945. The summed E-state index contributed by atoms with van der Waals surface area (Å²) in [7, 11) is -3.65. The molecule has 1 fully saturated rings. The molecule has 0 bridgehead atoms. The fourth-order valence-corrected chi connectivity index (χ4v) is 4.45. The van der Waals surface area contributed by atoms with Gasteiger partial charge in [0.1, 0.15) is 6.04 Å². The summed E-state index contributed by atoms with van der Waals surface area (Å²) >= 11 is 0. The van der Waals surface area contributed by atoms with Gasteiger partial charge in [-0.3, -0.25) is 13.9 Å². The summed E-state index contributed by atoms with van der Waals surface area (Å²) in [5, 5.41) is 2.74. The van der Waals surface area contributed by atoms with Crippen molar-refractivity contribution >= 4 is 38.9 Å². The summed E-state index contributed by atoms with van der Waals surface area (Å²) in [4.78, 5) is 26.2. The van der Waals surface area contributed by atoms with Crippen molar-refractivity contribution < 1.29 is 18.0 Å². The van der Waals surface area contributed by atoms with E-state index in [1.165, 1.54) is 0 Å². The largest absolute Gasteiger partial charge is 0.324 e. The van der Waals surface area contributed by atoms with Crippen LogP contribution in [0.1, 0.15) is 19.8 Å². The number of benzene rings is 2. The summed E-state index contributed by atoms with van der Waals surface area (Å²) in [6.45, 7) is 2.24. The average Bonchev–Trinajstić information content (AvgIpc) is 3.08. The van der Waals surface area contributed by atoms with Gasteiger partial charge >= 0.3 is 0 Å². The van der Waals surface area contributed by atoms with Gasteiger partial charge < -0.3 is 10.2 Å². The standard InChI is InChI=1S/C20H23N3O4S/c1-15(23(28(2,26)27)18-7-4-3-5-8-18)20(25)21-16-10-12-17(13-11-16)22-14-6-9-19(22)24/h3-5,7-8,10-13,15H,6,9,14H2,1-2H3,(H,21,25)/t15-/m0/s1. The molecule has 0 spiro atoms. The third kappa shape index (κ3) is 4.33. The Hall–Kier alpha value is -2.87. The third-order valence-corrected chi connectivity index (χ3v) is 5.86. The molecule has 0 aliphatic carbocycles. The van der Waals surface area contributed by atoms with E-state index in [1.54, 1.807) is 66.4 Å². The van der Waals surface area contributed by atoms with Crippen molar-refractivity contribution in [1.82, 2.24) is 0 Å². The molecule has 7 nitrogen and oxygen atoms in total. The molecule has 1 N–H and O–H groups in total. The highest BCUT2D eigenvalue weighted by Crippen LogP contribution is 2.24. The Kier molecular flexibility index (Phi) is 5.69. The molecule has 0 aromatic heterocycles. The van der Waals surface area contributed by atoms with Gasteiger partial charge in [-0.2, -0.15) is 0 Å². The molecule has 28 heavy (non-hydrogen) atoms. The number of carbonyl (C=O) groups is 2. The van der Waals surface area contributed by atoms with Crippen molar-refractivity contribution in [2.24, 2.45) is 0 Å². The lowest BCUT2D eigenvalue weighted by Gasteiger charge is -2.28. The Morgan fingerprint density at radius 1 is 1.11 bits per heavy atom. The molecule has 1 heterocycles. The topological polar surface area (TPSA) is 86.8 Å². The molecule has 1 atom stereocenters. The molecule has 8 heteroatoms. The van der Waals surface area contributed by atoms with E-state index < -0.39 is 22.0 Å². The van der Waals surface area contributed by atoms with Crippen LogP contribution in [0.15, 0.2) is 54.6 Å². The lowest BCUT2D eigenvalue weighted by atomic mass is 10.2. The summed E-state index contributed by atoms with van der Waals surface area (Å²) < 4.78 is 25.6. The minimum atomic E-state index is -3.65. The molecule has 2 amide bonds. The second-order valence-electron chi connectivity index (χ2n) is 6.76. The lowest BCUT2D eigenvalue weighted by molar-refractivity contribution is -0.117. The quantitative estimate of drug-likeness (QED) is 0.806. The Labute approximate surface area is 165 Å². The van der Waals surface area contributed by atoms with Crippen LogP contribution < -0.4 is 14.5 Å². The zero-order chi connectivity index (χ0) is 20.3. The predicted octanol–water partition coefficient (Wildman–Crippen LogP) is 2.61. The van der Waals surface area contributed by atoms with Gasteiger partial charge in [-0.15, -0.1) is 0 Å². The highest BCUT2D eigenvalue weighted by Gasteiger charge is 2.29. The monoisotopic (exact) mass is 401 g/mol. The number of carbonyl (C=O) groups excluding carboxylic acids is 2. The maximum absolute atomic E-state index is 12.7. The van der Waals surface area contributed by atoms with E-state index in [0.29, 0.717) is 24.3 Å². The molecule has 2 aromatic rings. The van der Waals surface area contributed by atoms with Crippen LogP contribution in [0.2, 0.25) is 0 Å². The number of nitrogens with one attached hydrogen (secondary N) is 1. The van der Waals surface area contributed by atoms with Gasteiger partial charge in [0.2, 0.25) is 21.8 Å². The number of hydrogen-bond acceptors (Lipinski definition) is 4. The van der Waals surface area contributed by atoms with E-state index in [2.05, 4.69) is 5.32 Å². The van der Waals surface area contributed by atoms with Crippen molar-refractivity contribution in [3.63, 3.8) is 0 Å². The molecule has 3 rings (SSSR count). The van der Waals surface area contributed by atoms with Crippen LogP contribution in [0.4, 0.5) is 17.1 Å². The number of amides is 2. The first kappa shape index (κ1) is 19.9. The Morgan fingerprint density at radius 3 is 2.29 bits per heavy atom. The van der Waals surface area contributed by atoms with E-state index in [9.17, 15) is 18.0 Å². The van der Waals surface area contributed by atoms with Crippen molar-refractivity contribution in [3.05, 3.63) is 54.6 Å². The molecule has 1 aliphatic rings. The maximum atomic E-state index is 12.7. The van der Waals surface area contributed by atoms with Gasteiger partial charge in [-0.1, -0.05) is 18.2 Å². The second-order valence-corrected chi connectivity index (χ2v) is 8.61. The van der Waals surface area contributed by atoms with Crippen LogP contribution >= 0.6 is 0 Å². The van der Waals surface area contributed by atoms with Crippen LogP contribution in [-0.4, -0.2) is 39.1 Å². The smallest absolute Gasteiger partial charge is 0.247 e. The van der Waals surface area contributed by atoms with Crippen LogP contribution in [0.5, 0.6) is 0 Å². The average molecular weight is 401 g/mol. The van der Waals surface area contributed by atoms with Crippen LogP contribution in [0.3, 0.4) is 0 Å². The molecule has 0 radical (unpaired) electrons. The van der Waals surface area contributed by atoms with Gasteiger partial charge in [-0.25, -0.2) is 8.42 Å². The van der Waals surface area contributed by atoms with Crippen LogP contribution in [0.25, 0.3) is 0 Å². The summed E-state index contributed by atoms with van der Waals surface area (Å²) in [6.07, 6.45) is 2.47. The SMILES string of the molecule is C[C@@H](C(=O)Nc1ccc(N2CCCC2=O)cc1)N(c1ccccc1)S(C)(=O)=O. The lowest BCUT2D eigenvalue weighted by Crippen LogP contribution is -2.45. The molecular weight excluding hydrogens is 378 g/mol. The minimum Gasteiger partial charge on any atom is -0.324 e. The highest BCUT2D eigenvalue weighted by molar-refractivity contribution is 7.92. The van der Waals surface area contributed by atoms with Gasteiger partial charge in [0.15, 0.2) is 0 Å². The Morgan fingerprint density at radius 2 is 1.75 bits per heavy atom. The van der Waals surface area contributed by atoms with Gasteiger partial charge in [-0.05, 0) is 49.7 Å². The predicted molar refractivity (Wildman–Crippen MR) is 110 cm³/mol. The first-order valence-corrected chi connectivity index (χ1v) is 10.9. The van der Waals surface area contributed by atoms with Crippen molar-refractivity contribution in [1.29, 1.82) is 0 Å². The first-order chi connectivity index (χ1) is 13.3. The van der Waals surface area contributed by atoms with Crippen LogP contribution in [-0.2, 0) is 19.6 Å². The van der Waals surface area contributed by atoms with Gasteiger partial charge in [0.05, 0.1) is 11.9 Å². The van der Waals surface area contributed by atoms with E-state index in [0.717, 1.165) is 22.7 Å².